The van der Waals surface area contributed by atoms with Crippen molar-refractivity contribution in [1.29, 1.82) is 5.26 Å². The molecule has 3 rings (SSSR count). The molecule has 5 heteroatoms. The van der Waals surface area contributed by atoms with Gasteiger partial charge >= 0.3 is 6.09 Å². The molecule has 0 fully saturated rings. The average molecular weight is 310 g/mol. The van der Waals surface area contributed by atoms with Crippen LogP contribution in [0.5, 0.6) is 0 Å². The highest BCUT2D eigenvalue weighted by Crippen LogP contribution is 2.40. The minimum Gasteiger partial charge on any atom is -0.444 e. The third-order valence-corrected chi connectivity index (χ3v) is 3.32. The summed E-state index contributed by atoms with van der Waals surface area (Å²) in [5.74, 6) is 0. The van der Waals surface area contributed by atoms with Gasteiger partial charge in [-0.2, -0.15) is 5.26 Å². The van der Waals surface area contributed by atoms with Crippen molar-refractivity contribution in [3.63, 3.8) is 0 Å². The molecule has 0 saturated heterocycles. The quantitative estimate of drug-likeness (QED) is 0.720. The molecule has 0 unspecified atom stereocenters. The number of aliphatic hydroxyl groups is 1. The van der Waals surface area contributed by atoms with Gasteiger partial charge < -0.3 is 9.84 Å². The van der Waals surface area contributed by atoms with Crippen molar-refractivity contribution in [2.24, 2.45) is 0 Å². The molecule has 0 heterocycles. The van der Waals surface area contributed by atoms with Gasteiger partial charge in [-0.3, -0.25) is 5.32 Å². The third-order valence-electron chi connectivity index (χ3n) is 3.32. The second-order valence-corrected chi connectivity index (χ2v) is 5.00. The van der Waals surface area contributed by atoms with Gasteiger partial charge in [0, 0.05) is 5.56 Å². The van der Waals surface area contributed by atoms with E-state index in [9.17, 15) is 4.79 Å². The van der Waals surface area contributed by atoms with Crippen LogP contribution in [-0.2, 0) is 11.3 Å². The molecule has 0 aromatic heterocycles. The molecule has 2 aliphatic carbocycles. The van der Waals surface area contributed by atoms with Crippen molar-refractivity contribution in [3.8, 4) is 17.2 Å². The summed E-state index contributed by atoms with van der Waals surface area (Å²) >= 11 is 0. The first kappa shape index (κ1) is 16.5. The highest BCUT2D eigenvalue weighted by molar-refractivity contribution is 5.99. The van der Waals surface area contributed by atoms with E-state index >= 15 is 0 Å². The highest BCUT2D eigenvalue weighted by Gasteiger charge is 2.18. The van der Waals surface area contributed by atoms with E-state index in [0.717, 1.165) is 16.8 Å². The molecule has 0 bridgehead atoms. The predicted molar refractivity (Wildman–Crippen MR) is 87.6 cm³/mol. The van der Waals surface area contributed by atoms with Crippen LogP contribution in [0, 0.1) is 11.3 Å². The fourth-order valence-electron chi connectivity index (χ4n) is 1.85. The molecule has 1 atom stereocenters. The van der Waals surface area contributed by atoms with Crippen molar-refractivity contribution < 1.29 is 14.6 Å². The molecule has 1 aromatic rings. The molecule has 23 heavy (non-hydrogen) atoms. The van der Waals surface area contributed by atoms with Crippen LogP contribution in [0.4, 0.5) is 10.5 Å². The lowest BCUT2D eigenvalue weighted by molar-refractivity contribution is 0.155. The maximum Gasteiger partial charge on any atom is 0.411 e. The number of nitrogens with one attached hydrogen (secondary N) is 1. The van der Waals surface area contributed by atoms with Crippen LogP contribution in [0.1, 0.15) is 18.9 Å². The maximum atomic E-state index is 11.5. The van der Waals surface area contributed by atoms with Gasteiger partial charge in [0.15, 0.2) is 0 Å². The van der Waals surface area contributed by atoms with Gasteiger partial charge in [-0.15, -0.1) is 0 Å². The average Bonchev–Trinajstić information content (AvgIpc) is 2.57. The summed E-state index contributed by atoms with van der Waals surface area (Å²) in [5.41, 5.74) is 4.14. The van der Waals surface area contributed by atoms with Gasteiger partial charge in [0.1, 0.15) is 12.7 Å². The molecular formula is C18H18N2O3. The van der Waals surface area contributed by atoms with E-state index in [2.05, 4.69) is 5.32 Å². The number of amides is 1. The van der Waals surface area contributed by atoms with Gasteiger partial charge in [0.05, 0.1) is 11.8 Å². The fraction of sp³-hybridized carbons (Fsp3) is 0.222. The summed E-state index contributed by atoms with van der Waals surface area (Å²) in [4.78, 5) is 11.5. The number of fused-ring (bicyclic) bond motifs is 1. The number of hydrogen-bond acceptors (Lipinski definition) is 4. The van der Waals surface area contributed by atoms with E-state index in [1.165, 1.54) is 5.56 Å². The van der Waals surface area contributed by atoms with Crippen LogP contribution in [0.2, 0.25) is 0 Å². The van der Waals surface area contributed by atoms with Gasteiger partial charge in [-0.1, -0.05) is 49.4 Å². The second kappa shape index (κ2) is 7.97. The Balaban J connectivity index is 0.000000277. The van der Waals surface area contributed by atoms with E-state index < -0.39 is 12.2 Å². The Morgan fingerprint density at radius 3 is 2.48 bits per heavy atom. The summed E-state index contributed by atoms with van der Waals surface area (Å²) < 4.78 is 5.10. The topological polar surface area (TPSA) is 82.3 Å². The fourth-order valence-corrected chi connectivity index (χ4v) is 1.85. The zero-order valence-corrected chi connectivity index (χ0v) is 12.8. The standard InChI is InChI=1S/C14H11NO2.C4H7NO/c16-14(15-13-8-11-6-7-12(11)13)17-9-10-4-2-1-3-5-10;1-2-4(6)3-5/h1-8H,9H2,(H,15,16);4,6H,2H2,1H3/t;4-/m.1/s1. The predicted octanol–water partition coefficient (Wildman–Crippen LogP) is 3.70. The van der Waals surface area contributed by atoms with Crippen molar-refractivity contribution in [3.05, 3.63) is 54.1 Å². The minimum atomic E-state index is -0.759. The van der Waals surface area contributed by atoms with Crippen LogP contribution in [0.25, 0.3) is 11.1 Å². The molecule has 0 spiro atoms. The monoisotopic (exact) mass is 310 g/mol. The number of nitriles is 1. The first-order chi connectivity index (χ1) is 11.1. The highest BCUT2D eigenvalue weighted by atomic mass is 16.5. The van der Waals surface area contributed by atoms with E-state index in [-0.39, 0.29) is 0 Å². The maximum absolute atomic E-state index is 11.5. The molecule has 1 aromatic carbocycles. The Bertz CT molecular complexity index is 708. The Morgan fingerprint density at radius 1 is 1.30 bits per heavy atom. The van der Waals surface area contributed by atoms with Crippen LogP contribution < -0.4 is 5.32 Å². The lowest BCUT2D eigenvalue weighted by atomic mass is 9.91. The number of hydrogen-bond donors (Lipinski definition) is 2. The van der Waals surface area contributed by atoms with Crippen LogP contribution in [0.3, 0.4) is 0 Å². The number of carbonyl (C=O) groups is 1. The van der Waals surface area contributed by atoms with Crippen LogP contribution in [-0.4, -0.2) is 17.3 Å². The number of benzene rings is 2. The molecule has 1 amide bonds. The summed E-state index contributed by atoms with van der Waals surface area (Å²) in [6, 6.07) is 17.2. The Kier molecular flexibility index (Phi) is 5.73. The Morgan fingerprint density at radius 2 is 2.04 bits per heavy atom. The summed E-state index contributed by atoms with van der Waals surface area (Å²) in [7, 11) is 0. The smallest absolute Gasteiger partial charge is 0.411 e. The SMILES string of the molecule is CC[C@@H](O)C#N.O=C(Nc1cc2ccc1-2)OCc1ccccc1. The lowest BCUT2D eigenvalue weighted by Crippen LogP contribution is -2.16. The minimum absolute atomic E-state index is 0.293. The number of carbonyl (C=O) groups excluding carboxylic acids is 1. The second-order valence-electron chi connectivity index (χ2n) is 5.00. The van der Waals surface area contributed by atoms with Crippen molar-refractivity contribution >= 4 is 11.8 Å². The van der Waals surface area contributed by atoms with Crippen molar-refractivity contribution in [2.45, 2.75) is 26.1 Å². The number of anilines is 1. The summed E-state index contributed by atoms with van der Waals surface area (Å²) in [6.45, 7) is 2.05. The van der Waals surface area contributed by atoms with E-state index in [0.29, 0.717) is 13.0 Å². The number of nitrogens with zero attached hydrogens (tertiary/aromatic N) is 1. The number of aliphatic hydroxyl groups excluding tert-OH is 1. The Hall–Kier alpha value is -2.84. The molecular weight excluding hydrogens is 292 g/mol. The lowest BCUT2D eigenvalue weighted by Gasteiger charge is -2.21. The summed E-state index contributed by atoms with van der Waals surface area (Å²) in [5, 5.41) is 18.8. The van der Waals surface area contributed by atoms with Crippen molar-refractivity contribution in [1.82, 2.24) is 0 Å². The molecule has 0 radical (unpaired) electrons. The largest absolute Gasteiger partial charge is 0.444 e. The molecule has 0 aliphatic heterocycles. The van der Waals surface area contributed by atoms with Gasteiger partial charge in [-0.25, -0.2) is 4.79 Å². The molecule has 2 N–H and O–H groups in total. The number of rotatable bonds is 4. The van der Waals surface area contributed by atoms with Gasteiger partial charge in [0.25, 0.3) is 0 Å². The van der Waals surface area contributed by atoms with Gasteiger partial charge in [0.2, 0.25) is 0 Å². The van der Waals surface area contributed by atoms with Crippen molar-refractivity contribution in [2.75, 3.05) is 5.32 Å². The van der Waals surface area contributed by atoms with Gasteiger partial charge in [-0.05, 0) is 23.6 Å². The molecule has 5 nitrogen and oxygen atoms in total. The zero-order chi connectivity index (χ0) is 16.7. The van der Waals surface area contributed by atoms with E-state index in [1.807, 2.05) is 48.5 Å². The van der Waals surface area contributed by atoms with E-state index in [4.69, 9.17) is 15.1 Å². The third kappa shape index (κ3) is 4.56. The summed E-state index contributed by atoms with van der Waals surface area (Å²) in [6.07, 6.45) is -0.645. The molecule has 2 aliphatic rings. The van der Waals surface area contributed by atoms with Crippen LogP contribution in [0.15, 0.2) is 48.5 Å². The zero-order valence-electron chi connectivity index (χ0n) is 12.8. The normalized spacial score (nSPS) is 11.3. The first-order valence-electron chi connectivity index (χ1n) is 7.34. The van der Waals surface area contributed by atoms with E-state index in [1.54, 1.807) is 13.0 Å². The molecule has 0 saturated carbocycles. The number of ether oxygens (including phenoxy) is 1. The first-order valence-corrected chi connectivity index (χ1v) is 7.34. The molecule has 118 valence electrons. The van der Waals surface area contributed by atoms with Crippen LogP contribution >= 0.6 is 0 Å². The Labute approximate surface area is 135 Å².